The summed E-state index contributed by atoms with van der Waals surface area (Å²) in [5.74, 6) is -2.13. The number of hydrogen-bond acceptors (Lipinski definition) is 6. The zero-order chi connectivity index (χ0) is 20.3. The molecule has 0 atom stereocenters. The van der Waals surface area contributed by atoms with E-state index in [2.05, 4.69) is 5.32 Å². The number of carbonyl (C=O) groups excluding carboxylic acids is 2. The van der Waals surface area contributed by atoms with Crippen molar-refractivity contribution in [3.8, 4) is 0 Å². The van der Waals surface area contributed by atoms with Gasteiger partial charge in [-0.25, -0.2) is 17.6 Å². The molecule has 3 aromatic rings. The first-order chi connectivity index (χ1) is 13.3. The Bertz CT molecular complexity index is 1140. The maximum Gasteiger partial charge on any atom is 0.341 e. The fourth-order valence-corrected chi connectivity index (χ4v) is 4.96. The minimum absolute atomic E-state index is 0.0567. The molecule has 0 bridgehead atoms. The molecule has 6 nitrogen and oxygen atoms in total. The fourth-order valence-electron chi connectivity index (χ4n) is 2.61. The third-order valence-electron chi connectivity index (χ3n) is 4.01. The molecule has 0 spiro atoms. The van der Waals surface area contributed by atoms with Crippen molar-refractivity contribution in [2.45, 2.75) is 11.3 Å². The quantitative estimate of drug-likeness (QED) is 0.485. The molecular formula is C19H16FNO5S2. The molecule has 0 aliphatic rings. The number of thiophene rings is 1. The van der Waals surface area contributed by atoms with Crippen LogP contribution >= 0.6 is 11.3 Å². The van der Waals surface area contributed by atoms with Gasteiger partial charge in [0, 0.05) is 16.5 Å². The Balaban J connectivity index is 1.76. The largest absolute Gasteiger partial charge is 0.465 e. The molecule has 0 aliphatic carbocycles. The number of carbonyl (C=O) groups is 2. The molecule has 1 amide bonds. The van der Waals surface area contributed by atoms with Crippen LogP contribution in [0.25, 0.3) is 10.1 Å². The predicted octanol–water partition coefficient (Wildman–Crippen LogP) is 3.63. The molecule has 0 saturated heterocycles. The SMILES string of the molecule is COC(=O)c1c(NC(=O)CCS(=O)(=O)c2ccc(F)cc2)sc2ccccc12. The van der Waals surface area contributed by atoms with Crippen molar-refractivity contribution in [1.29, 1.82) is 0 Å². The van der Waals surface area contributed by atoms with Crippen LogP contribution in [0.15, 0.2) is 53.4 Å². The molecule has 0 saturated carbocycles. The van der Waals surface area contributed by atoms with E-state index in [4.69, 9.17) is 4.74 Å². The highest BCUT2D eigenvalue weighted by molar-refractivity contribution is 7.91. The maximum atomic E-state index is 13.0. The van der Waals surface area contributed by atoms with Crippen molar-refractivity contribution in [2.75, 3.05) is 18.2 Å². The molecule has 2 aromatic carbocycles. The molecule has 0 fully saturated rings. The van der Waals surface area contributed by atoms with E-state index in [9.17, 15) is 22.4 Å². The Morgan fingerprint density at radius 1 is 1.11 bits per heavy atom. The lowest BCUT2D eigenvalue weighted by atomic mass is 10.1. The molecule has 9 heteroatoms. The number of rotatable bonds is 6. The molecule has 0 aliphatic heterocycles. The van der Waals surface area contributed by atoms with Crippen LogP contribution in [-0.4, -0.2) is 33.2 Å². The van der Waals surface area contributed by atoms with Crippen molar-refractivity contribution in [3.05, 3.63) is 59.9 Å². The normalized spacial score (nSPS) is 11.4. The number of methoxy groups -OCH3 is 1. The minimum Gasteiger partial charge on any atom is -0.465 e. The number of hydrogen-bond donors (Lipinski definition) is 1. The van der Waals surface area contributed by atoms with Crippen LogP contribution in [0, 0.1) is 5.82 Å². The highest BCUT2D eigenvalue weighted by Gasteiger charge is 2.22. The van der Waals surface area contributed by atoms with E-state index < -0.39 is 33.3 Å². The van der Waals surface area contributed by atoms with Crippen LogP contribution in [0.1, 0.15) is 16.8 Å². The van der Waals surface area contributed by atoms with E-state index >= 15 is 0 Å². The molecule has 1 heterocycles. The van der Waals surface area contributed by atoms with Crippen molar-refractivity contribution in [1.82, 2.24) is 0 Å². The minimum atomic E-state index is -3.74. The zero-order valence-corrected chi connectivity index (χ0v) is 16.4. The van der Waals surface area contributed by atoms with Crippen LogP contribution in [0.2, 0.25) is 0 Å². The number of benzene rings is 2. The van der Waals surface area contributed by atoms with E-state index in [1.54, 1.807) is 24.3 Å². The van der Waals surface area contributed by atoms with E-state index in [-0.39, 0.29) is 16.9 Å². The molecule has 28 heavy (non-hydrogen) atoms. The molecule has 146 valence electrons. The van der Waals surface area contributed by atoms with Gasteiger partial charge in [0.25, 0.3) is 0 Å². The number of esters is 1. The lowest BCUT2D eigenvalue weighted by Crippen LogP contribution is -2.18. The average Bonchev–Trinajstić information content (AvgIpc) is 3.04. The third-order valence-corrected chi connectivity index (χ3v) is 6.83. The highest BCUT2D eigenvalue weighted by Crippen LogP contribution is 2.36. The van der Waals surface area contributed by atoms with Gasteiger partial charge in [0.05, 0.1) is 17.8 Å². The Hall–Kier alpha value is -2.78. The first kappa shape index (κ1) is 20.0. The van der Waals surface area contributed by atoms with Crippen LogP contribution in [0.4, 0.5) is 9.39 Å². The first-order valence-corrected chi connectivity index (χ1v) is 10.7. The summed E-state index contributed by atoms with van der Waals surface area (Å²) in [6.07, 6.45) is -0.311. The van der Waals surface area contributed by atoms with E-state index in [1.165, 1.54) is 18.4 Å². The van der Waals surface area contributed by atoms with E-state index in [0.29, 0.717) is 10.4 Å². The fraction of sp³-hybridized carbons (Fsp3) is 0.158. The van der Waals surface area contributed by atoms with Gasteiger partial charge in [-0.2, -0.15) is 0 Å². The number of nitrogens with one attached hydrogen (secondary N) is 1. The van der Waals surface area contributed by atoms with Crippen LogP contribution in [-0.2, 0) is 19.4 Å². The molecule has 1 N–H and O–H groups in total. The second-order valence-corrected chi connectivity index (χ2v) is 9.03. The summed E-state index contributed by atoms with van der Waals surface area (Å²) < 4.78 is 43.1. The van der Waals surface area contributed by atoms with E-state index in [0.717, 1.165) is 29.0 Å². The second kappa shape index (κ2) is 8.07. The first-order valence-electron chi connectivity index (χ1n) is 8.20. The Morgan fingerprint density at radius 3 is 2.46 bits per heavy atom. The Morgan fingerprint density at radius 2 is 1.79 bits per heavy atom. The van der Waals surface area contributed by atoms with Crippen LogP contribution in [0.5, 0.6) is 0 Å². The summed E-state index contributed by atoms with van der Waals surface area (Å²) in [5.41, 5.74) is 0.234. The Labute approximate surface area is 164 Å². The summed E-state index contributed by atoms with van der Waals surface area (Å²) in [4.78, 5) is 24.4. The molecule has 1 aromatic heterocycles. The maximum absolute atomic E-state index is 13.0. The summed E-state index contributed by atoms with van der Waals surface area (Å²) in [5, 5.41) is 3.55. The number of anilines is 1. The number of amides is 1. The lowest BCUT2D eigenvalue weighted by molar-refractivity contribution is -0.115. The van der Waals surface area contributed by atoms with E-state index in [1.807, 2.05) is 0 Å². The predicted molar refractivity (Wildman–Crippen MR) is 105 cm³/mol. The topological polar surface area (TPSA) is 89.5 Å². The van der Waals surface area contributed by atoms with Gasteiger partial charge in [-0.3, -0.25) is 4.79 Å². The van der Waals surface area contributed by atoms with Gasteiger partial charge in [-0.15, -0.1) is 11.3 Å². The molecular weight excluding hydrogens is 405 g/mol. The van der Waals surface area contributed by atoms with Gasteiger partial charge < -0.3 is 10.1 Å². The van der Waals surface area contributed by atoms with Crippen LogP contribution in [0.3, 0.4) is 0 Å². The van der Waals surface area contributed by atoms with Gasteiger partial charge in [-0.1, -0.05) is 18.2 Å². The van der Waals surface area contributed by atoms with Gasteiger partial charge in [0.1, 0.15) is 16.4 Å². The summed E-state index contributed by atoms with van der Waals surface area (Å²) in [6.45, 7) is 0. The lowest BCUT2D eigenvalue weighted by Gasteiger charge is -2.07. The van der Waals surface area contributed by atoms with Gasteiger partial charge in [0.15, 0.2) is 9.84 Å². The average molecular weight is 421 g/mol. The van der Waals surface area contributed by atoms with Crippen molar-refractivity contribution >= 4 is 48.1 Å². The van der Waals surface area contributed by atoms with Crippen molar-refractivity contribution < 1.29 is 27.1 Å². The number of fused-ring (bicyclic) bond motifs is 1. The highest BCUT2D eigenvalue weighted by atomic mass is 32.2. The summed E-state index contributed by atoms with van der Waals surface area (Å²) >= 11 is 1.20. The summed E-state index contributed by atoms with van der Waals surface area (Å²) in [7, 11) is -2.49. The van der Waals surface area contributed by atoms with Crippen molar-refractivity contribution in [3.63, 3.8) is 0 Å². The summed E-state index contributed by atoms with van der Waals surface area (Å²) in [6, 6.07) is 11.5. The van der Waals surface area contributed by atoms with Crippen LogP contribution < -0.4 is 5.32 Å². The number of ether oxygens (including phenoxy) is 1. The van der Waals surface area contributed by atoms with Gasteiger partial charge in [-0.05, 0) is 30.3 Å². The number of sulfone groups is 1. The molecule has 0 unspecified atom stereocenters. The zero-order valence-electron chi connectivity index (χ0n) is 14.8. The third kappa shape index (κ3) is 4.20. The van der Waals surface area contributed by atoms with Gasteiger partial charge >= 0.3 is 5.97 Å². The van der Waals surface area contributed by atoms with Gasteiger partial charge in [0.2, 0.25) is 5.91 Å². The smallest absolute Gasteiger partial charge is 0.341 e. The molecule has 3 rings (SSSR count). The van der Waals surface area contributed by atoms with Crippen molar-refractivity contribution in [2.24, 2.45) is 0 Å². The standard InChI is InChI=1S/C19H16FNO5S2/c1-26-19(23)17-14-4-2-3-5-15(14)27-18(17)21-16(22)10-11-28(24,25)13-8-6-12(20)7-9-13/h2-9H,10-11H2,1H3,(H,21,22). The Kier molecular flexibility index (Phi) is 5.76. The monoisotopic (exact) mass is 421 g/mol. The molecule has 0 radical (unpaired) electrons. The second-order valence-electron chi connectivity index (χ2n) is 5.86. The number of halogens is 1.